The van der Waals surface area contributed by atoms with Crippen molar-refractivity contribution >= 4 is 0 Å². The lowest BCUT2D eigenvalue weighted by Gasteiger charge is -2.23. The van der Waals surface area contributed by atoms with E-state index in [9.17, 15) is 0 Å². The monoisotopic (exact) mass is 154 g/mol. The fourth-order valence-electron chi connectivity index (χ4n) is 1.26. The van der Waals surface area contributed by atoms with Gasteiger partial charge < -0.3 is 9.47 Å². The van der Waals surface area contributed by atoms with Crippen LogP contribution in [-0.2, 0) is 9.47 Å². The van der Waals surface area contributed by atoms with Crippen molar-refractivity contribution < 1.29 is 9.47 Å². The van der Waals surface area contributed by atoms with E-state index in [1.165, 1.54) is 0 Å². The van der Waals surface area contributed by atoms with Crippen LogP contribution in [0.3, 0.4) is 0 Å². The Kier molecular flexibility index (Phi) is 2.53. The van der Waals surface area contributed by atoms with Gasteiger partial charge in [0.1, 0.15) is 6.10 Å². The third kappa shape index (κ3) is 1.55. The Balaban J connectivity index is 2.56. The number of hydrogen-bond donors (Lipinski definition) is 0. The van der Waals surface area contributed by atoms with Crippen molar-refractivity contribution in [3.63, 3.8) is 0 Å². The number of hydrogen-bond acceptors (Lipinski definition) is 2. The first-order chi connectivity index (χ1) is 5.26. The molecule has 0 bridgehead atoms. The summed E-state index contributed by atoms with van der Waals surface area (Å²) in [4.78, 5) is 0. The molecule has 0 spiro atoms. The molecule has 1 aliphatic heterocycles. The lowest BCUT2D eigenvalue weighted by atomic mass is 10.1. The van der Waals surface area contributed by atoms with Crippen LogP contribution in [0.4, 0.5) is 0 Å². The first-order valence-electron chi connectivity index (χ1n) is 4.04. The van der Waals surface area contributed by atoms with E-state index in [2.05, 4.69) is 5.92 Å². The fourth-order valence-corrected chi connectivity index (χ4v) is 1.26. The van der Waals surface area contributed by atoms with E-state index < -0.39 is 5.79 Å². The molecule has 1 heterocycles. The molecule has 0 radical (unpaired) electrons. The van der Waals surface area contributed by atoms with Crippen molar-refractivity contribution in [3.8, 4) is 12.3 Å². The van der Waals surface area contributed by atoms with Gasteiger partial charge in [-0.2, -0.15) is 0 Å². The third-order valence-corrected chi connectivity index (χ3v) is 2.12. The Labute approximate surface area is 67.9 Å². The van der Waals surface area contributed by atoms with Crippen LogP contribution in [0, 0.1) is 12.3 Å². The largest absolute Gasteiger partial charge is 0.346 e. The lowest BCUT2D eigenvalue weighted by Crippen LogP contribution is -2.28. The molecule has 0 amide bonds. The molecule has 0 aromatic carbocycles. The molecule has 1 aliphatic rings. The molecule has 1 saturated heterocycles. The molecule has 1 fully saturated rings. The van der Waals surface area contributed by atoms with Gasteiger partial charge in [0, 0.05) is 0 Å². The Morgan fingerprint density at radius 3 is 2.45 bits per heavy atom. The second-order valence-corrected chi connectivity index (χ2v) is 2.70. The third-order valence-electron chi connectivity index (χ3n) is 2.12. The van der Waals surface area contributed by atoms with Crippen LogP contribution in [0.1, 0.15) is 26.7 Å². The molecule has 0 aromatic rings. The molecule has 0 unspecified atom stereocenters. The van der Waals surface area contributed by atoms with Gasteiger partial charge in [-0.05, 0) is 12.8 Å². The van der Waals surface area contributed by atoms with Crippen molar-refractivity contribution in [2.45, 2.75) is 38.6 Å². The van der Waals surface area contributed by atoms with Crippen molar-refractivity contribution in [3.05, 3.63) is 0 Å². The molecule has 1 rings (SSSR count). The van der Waals surface area contributed by atoms with Gasteiger partial charge in [-0.15, -0.1) is 6.42 Å². The molecular weight excluding hydrogens is 140 g/mol. The molecule has 0 aliphatic carbocycles. The van der Waals surface area contributed by atoms with Crippen LogP contribution < -0.4 is 0 Å². The van der Waals surface area contributed by atoms with Crippen LogP contribution in [0.15, 0.2) is 0 Å². The minimum absolute atomic E-state index is 0.144. The molecule has 2 heteroatoms. The highest BCUT2D eigenvalue weighted by atomic mass is 16.7. The van der Waals surface area contributed by atoms with E-state index in [1.807, 2.05) is 13.8 Å². The van der Waals surface area contributed by atoms with Gasteiger partial charge in [-0.25, -0.2) is 0 Å². The summed E-state index contributed by atoms with van der Waals surface area (Å²) in [5.74, 6) is 2.15. The van der Waals surface area contributed by atoms with Crippen LogP contribution in [0.2, 0.25) is 0 Å². The summed E-state index contributed by atoms with van der Waals surface area (Å²) in [6.45, 7) is 4.63. The van der Waals surface area contributed by atoms with Crippen molar-refractivity contribution in [1.29, 1.82) is 0 Å². The standard InChI is InChI=1S/C9H14O2/c1-4-8-7-10-9(5-2,6-3)11-8/h1,8H,5-7H2,2-3H3/t8-/m1/s1. The van der Waals surface area contributed by atoms with Crippen LogP contribution in [0.5, 0.6) is 0 Å². The quantitative estimate of drug-likeness (QED) is 0.562. The predicted octanol–water partition coefficient (Wildman–Crippen LogP) is 1.55. The summed E-state index contributed by atoms with van der Waals surface area (Å²) >= 11 is 0. The van der Waals surface area contributed by atoms with E-state index >= 15 is 0 Å². The predicted molar refractivity (Wildman–Crippen MR) is 43.0 cm³/mol. The minimum atomic E-state index is -0.392. The normalized spacial score (nSPS) is 28.3. The maximum Gasteiger partial charge on any atom is 0.169 e. The smallest absolute Gasteiger partial charge is 0.169 e. The first-order valence-corrected chi connectivity index (χ1v) is 4.04. The van der Waals surface area contributed by atoms with Gasteiger partial charge >= 0.3 is 0 Å². The zero-order chi connectivity index (χ0) is 8.32. The second-order valence-electron chi connectivity index (χ2n) is 2.70. The first kappa shape index (κ1) is 8.58. The Morgan fingerprint density at radius 1 is 1.55 bits per heavy atom. The maximum absolute atomic E-state index is 5.54. The summed E-state index contributed by atoms with van der Waals surface area (Å²) in [6, 6.07) is 0. The minimum Gasteiger partial charge on any atom is -0.346 e. The molecule has 2 nitrogen and oxygen atoms in total. The van der Waals surface area contributed by atoms with Crippen molar-refractivity contribution in [1.82, 2.24) is 0 Å². The Hall–Kier alpha value is -0.520. The van der Waals surface area contributed by atoms with E-state index in [0.717, 1.165) is 12.8 Å². The summed E-state index contributed by atoms with van der Waals surface area (Å²) in [5, 5.41) is 0. The van der Waals surface area contributed by atoms with Crippen molar-refractivity contribution in [2.75, 3.05) is 6.61 Å². The summed E-state index contributed by atoms with van der Waals surface area (Å²) in [5.41, 5.74) is 0. The highest BCUT2D eigenvalue weighted by molar-refractivity contribution is 4.98. The van der Waals surface area contributed by atoms with Gasteiger partial charge in [0.05, 0.1) is 6.61 Å². The van der Waals surface area contributed by atoms with E-state index in [-0.39, 0.29) is 6.10 Å². The molecule has 62 valence electrons. The Bertz CT molecular complexity index is 165. The maximum atomic E-state index is 5.54. The zero-order valence-electron chi connectivity index (χ0n) is 7.09. The van der Waals surface area contributed by atoms with Gasteiger partial charge in [-0.3, -0.25) is 0 Å². The van der Waals surface area contributed by atoms with Crippen LogP contribution >= 0.6 is 0 Å². The van der Waals surface area contributed by atoms with Crippen LogP contribution in [-0.4, -0.2) is 18.5 Å². The summed E-state index contributed by atoms with van der Waals surface area (Å²) in [7, 11) is 0. The fraction of sp³-hybridized carbons (Fsp3) is 0.778. The SMILES string of the molecule is C#C[C@@H]1COC(CC)(CC)O1. The van der Waals surface area contributed by atoms with Gasteiger partial charge in [0.2, 0.25) is 0 Å². The van der Waals surface area contributed by atoms with Gasteiger partial charge in [0.15, 0.2) is 5.79 Å². The van der Waals surface area contributed by atoms with Gasteiger partial charge in [0.25, 0.3) is 0 Å². The number of rotatable bonds is 2. The highest BCUT2D eigenvalue weighted by Gasteiger charge is 2.37. The molecular formula is C9H14O2. The van der Waals surface area contributed by atoms with Crippen molar-refractivity contribution in [2.24, 2.45) is 0 Å². The average Bonchev–Trinajstić information content (AvgIpc) is 2.49. The van der Waals surface area contributed by atoms with Crippen LogP contribution in [0.25, 0.3) is 0 Å². The summed E-state index contributed by atoms with van der Waals surface area (Å²) < 4.78 is 11.0. The van der Waals surface area contributed by atoms with Gasteiger partial charge in [-0.1, -0.05) is 19.8 Å². The average molecular weight is 154 g/mol. The summed E-state index contributed by atoms with van der Waals surface area (Å²) in [6.07, 6.45) is 6.79. The molecule has 0 N–H and O–H groups in total. The number of terminal acetylenes is 1. The molecule has 0 saturated carbocycles. The van der Waals surface area contributed by atoms with E-state index in [4.69, 9.17) is 15.9 Å². The van der Waals surface area contributed by atoms with E-state index in [1.54, 1.807) is 0 Å². The molecule has 0 aromatic heterocycles. The highest BCUT2D eigenvalue weighted by Crippen LogP contribution is 2.29. The second kappa shape index (κ2) is 3.25. The zero-order valence-corrected chi connectivity index (χ0v) is 7.09. The molecule has 11 heavy (non-hydrogen) atoms. The lowest BCUT2D eigenvalue weighted by molar-refractivity contribution is -0.166. The molecule has 1 atom stereocenters. The topological polar surface area (TPSA) is 18.5 Å². The Morgan fingerprint density at radius 2 is 2.18 bits per heavy atom. The van der Waals surface area contributed by atoms with E-state index in [0.29, 0.717) is 6.61 Å². The number of ether oxygens (including phenoxy) is 2.